The Morgan fingerprint density at radius 3 is 2.69 bits per heavy atom. The van der Waals surface area contributed by atoms with Gasteiger partial charge in [-0.3, -0.25) is 4.79 Å². The van der Waals surface area contributed by atoms with E-state index >= 15 is 0 Å². The lowest BCUT2D eigenvalue weighted by Gasteiger charge is -2.12. The summed E-state index contributed by atoms with van der Waals surface area (Å²) >= 11 is 4.84. The molecule has 1 amide bonds. The van der Waals surface area contributed by atoms with Crippen molar-refractivity contribution in [2.75, 3.05) is 13.1 Å². The first kappa shape index (κ1) is 8.50. The van der Waals surface area contributed by atoms with Crippen LogP contribution in [0.3, 0.4) is 0 Å². The van der Waals surface area contributed by atoms with E-state index in [2.05, 4.69) is 9.97 Å². The lowest BCUT2D eigenvalue weighted by Crippen LogP contribution is -2.27. The number of amides is 1. The van der Waals surface area contributed by atoms with Crippen molar-refractivity contribution in [3.05, 3.63) is 16.7 Å². The van der Waals surface area contributed by atoms with Crippen LogP contribution in [0.5, 0.6) is 0 Å². The third-order valence-corrected chi connectivity index (χ3v) is 2.44. The Labute approximate surface area is 81.0 Å². The predicted molar refractivity (Wildman–Crippen MR) is 51.1 cm³/mol. The molecule has 0 unspecified atom stereocenters. The number of aromatic nitrogens is 2. The van der Waals surface area contributed by atoms with Crippen LogP contribution < -0.4 is 0 Å². The van der Waals surface area contributed by atoms with Gasteiger partial charge in [0.25, 0.3) is 5.91 Å². The molecule has 1 saturated heterocycles. The van der Waals surface area contributed by atoms with E-state index in [4.69, 9.17) is 12.2 Å². The maximum absolute atomic E-state index is 11.7. The number of carbonyl (C=O) groups excluding carboxylic acids is 1. The van der Waals surface area contributed by atoms with Crippen LogP contribution in [0.15, 0.2) is 6.20 Å². The number of nitrogens with zero attached hydrogens (tertiary/aromatic N) is 1. The van der Waals surface area contributed by atoms with E-state index < -0.39 is 0 Å². The molecule has 0 bridgehead atoms. The van der Waals surface area contributed by atoms with Gasteiger partial charge >= 0.3 is 0 Å². The molecule has 1 aliphatic rings. The summed E-state index contributed by atoms with van der Waals surface area (Å²) in [7, 11) is 0. The number of imidazole rings is 1. The van der Waals surface area contributed by atoms with Crippen molar-refractivity contribution in [1.29, 1.82) is 0 Å². The summed E-state index contributed by atoms with van der Waals surface area (Å²) in [5, 5.41) is 0. The van der Waals surface area contributed by atoms with Gasteiger partial charge in [0.1, 0.15) is 5.69 Å². The number of hydrogen-bond acceptors (Lipinski definition) is 2. The van der Waals surface area contributed by atoms with E-state index in [0.717, 1.165) is 25.9 Å². The Morgan fingerprint density at radius 2 is 2.15 bits per heavy atom. The third-order valence-electron chi connectivity index (χ3n) is 2.22. The Balaban J connectivity index is 2.16. The minimum absolute atomic E-state index is 0.0462. The highest BCUT2D eigenvalue weighted by Gasteiger charge is 2.19. The number of H-pyrrole nitrogens is 2. The van der Waals surface area contributed by atoms with E-state index in [1.165, 1.54) is 0 Å². The third kappa shape index (κ3) is 1.65. The fraction of sp³-hybridized carbons (Fsp3) is 0.500. The number of nitrogens with one attached hydrogen (secondary N) is 2. The van der Waals surface area contributed by atoms with Gasteiger partial charge in [-0.1, -0.05) is 0 Å². The summed E-state index contributed by atoms with van der Waals surface area (Å²) in [5.74, 6) is 0.0462. The first-order valence-corrected chi connectivity index (χ1v) is 4.75. The molecule has 0 radical (unpaired) electrons. The standard InChI is InChI=1S/C8H11N3OS/c12-7(11-3-1-2-4-11)6-5-9-8(13)10-6/h5H,1-4H2,(H2,9,10,13). The molecule has 0 atom stereocenters. The average Bonchev–Trinajstić information content (AvgIpc) is 2.72. The van der Waals surface area contributed by atoms with Gasteiger partial charge in [-0.25, -0.2) is 0 Å². The molecule has 5 heteroatoms. The Hall–Kier alpha value is -1.10. The van der Waals surface area contributed by atoms with Gasteiger partial charge < -0.3 is 14.9 Å². The van der Waals surface area contributed by atoms with E-state index in [0.29, 0.717) is 10.5 Å². The van der Waals surface area contributed by atoms with Gasteiger partial charge in [0, 0.05) is 19.3 Å². The van der Waals surface area contributed by atoms with Crippen LogP contribution in [0.2, 0.25) is 0 Å². The lowest BCUT2D eigenvalue weighted by molar-refractivity contribution is 0.0787. The van der Waals surface area contributed by atoms with Gasteiger partial charge in [-0.05, 0) is 25.1 Å². The van der Waals surface area contributed by atoms with Crippen LogP contribution in [0.25, 0.3) is 0 Å². The summed E-state index contributed by atoms with van der Waals surface area (Å²) in [6.07, 6.45) is 3.84. The minimum atomic E-state index is 0.0462. The van der Waals surface area contributed by atoms with Gasteiger partial charge in [0.15, 0.2) is 4.77 Å². The summed E-state index contributed by atoms with van der Waals surface area (Å²) in [4.78, 5) is 19.1. The zero-order valence-electron chi connectivity index (χ0n) is 7.17. The molecule has 2 rings (SSSR count). The molecule has 0 spiro atoms. The van der Waals surface area contributed by atoms with Crippen molar-refractivity contribution in [3.8, 4) is 0 Å². The molecule has 0 aromatic carbocycles. The van der Waals surface area contributed by atoms with Gasteiger partial charge in [0.2, 0.25) is 0 Å². The summed E-state index contributed by atoms with van der Waals surface area (Å²) in [6, 6.07) is 0. The molecular weight excluding hydrogens is 186 g/mol. The number of hydrogen-bond donors (Lipinski definition) is 2. The van der Waals surface area contributed by atoms with Crippen molar-refractivity contribution in [1.82, 2.24) is 14.9 Å². The predicted octanol–water partition coefficient (Wildman–Crippen LogP) is 1.31. The molecule has 1 fully saturated rings. The van der Waals surface area contributed by atoms with Crippen molar-refractivity contribution in [3.63, 3.8) is 0 Å². The molecule has 1 aromatic rings. The molecule has 70 valence electrons. The smallest absolute Gasteiger partial charge is 0.271 e. The Bertz CT molecular complexity index is 361. The highest BCUT2D eigenvalue weighted by atomic mass is 32.1. The van der Waals surface area contributed by atoms with Gasteiger partial charge in [0.05, 0.1) is 0 Å². The zero-order chi connectivity index (χ0) is 9.26. The van der Waals surface area contributed by atoms with Crippen LogP contribution in [-0.4, -0.2) is 33.9 Å². The summed E-state index contributed by atoms with van der Waals surface area (Å²) in [6.45, 7) is 1.73. The second kappa shape index (κ2) is 3.33. The summed E-state index contributed by atoms with van der Waals surface area (Å²) in [5.41, 5.74) is 0.562. The second-order valence-corrected chi connectivity index (χ2v) is 3.56. The zero-order valence-corrected chi connectivity index (χ0v) is 7.99. The average molecular weight is 197 g/mol. The van der Waals surface area contributed by atoms with Crippen LogP contribution >= 0.6 is 12.2 Å². The monoisotopic (exact) mass is 197 g/mol. The van der Waals surface area contributed by atoms with E-state index in [1.807, 2.05) is 4.90 Å². The molecule has 0 saturated carbocycles. The number of likely N-dealkylation sites (tertiary alicyclic amines) is 1. The molecular formula is C8H11N3OS. The SMILES string of the molecule is O=C(c1c[nH]c(=S)[nH]1)N1CCCC1. The molecule has 1 aromatic heterocycles. The molecule has 2 N–H and O–H groups in total. The van der Waals surface area contributed by atoms with E-state index in [9.17, 15) is 4.79 Å². The van der Waals surface area contributed by atoms with Crippen molar-refractivity contribution < 1.29 is 4.79 Å². The highest BCUT2D eigenvalue weighted by Crippen LogP contribution is 2.10. The maximum Gasteiger partial charge on any atom is 0.271 e. The van der Waals surface area contributed by atoms with Crippen LogP contribution in [0, 0.1) is 4.77 Å². The highest BCUT2D eigenvalue weighted by molar-refractivity contribution is 7.71. The molecule has 2 heterocycles. The quantitative estimate of drug-likeness (QED) is 0.667. The minimum Gasteiger partial charge on any atom is -0.337 e. The summed E-state index contributed by atoms with van der Waals surface area (Å²) < 4.78 is 0.502. The van der Waals surface area contributed by atoms with Crippen molar-refractivity contribution in [2.24, 2.45) is 0 Å². The van der Waals surface area contributed by atoms with Gasteiger partial charge in [-0.15, -0.1) is 0 Å². The number of aromatic amines is 2. The second-order valence-electron chi connectivity index (χ2n) is 3.16. The Morgan fingerprint density at radius 1 is 1.46 bits per heavy atom. The van der Waals surface area contributed by atoms with E-state index in [1.54, 1.807) is 6.20 Å². The largest absolute Gasteiger partial charge is 0.337 e. The number of rotatable bonds is 1. The molecule has 4 nitrogen and oxygen atoms in total. The molecule has 1 aliphatic heterocycles. The van der Waals surface area contributed by atoms with E-state index in [-0.39, 0.29) is 5.91 Å². The first-order valence-electron chi connectivity index (χ1n) is 4.34. The maximum atomic E-state index is 11.7. The van der Waals surface area contributed by atoms with Gasteiger partial charge in [-0.2, -0.15) is 0 Å². The first-order chi connectivity index (χ1) is 6.27. The van der Waals surface area contributed by atoms with Crippen LogP contribution in [0.4, 0.5) is 0 Å². The topological polar surface area (TPSA) is 51.9 Å². The molecule has 0 aliphatic carbocycles. The van der Waals surface area contributed by atoms with Crippen molar-refractivity contribution in [2.45, 2.75) is 12.8 Å². The van der Waals surface area contributed by atoms with Crippen LogP contribution in [0.1, 0.15) is 23.3 Å². The number of carbonyl (C=O) groups is 1. The van der Waals surface area contributed by atoms with Crippen LogP contribution in [-0.2, 0) is 0 Å². The lowest BCUT2D eigenvalue weighted by atomic mass is 10.4. The van der Waals surface area contributed by atoms with Crippen molar-refractivity contribution >= 4 is 18.1 Å². The fourth-order valence-electron chi connectivity index (χ4n) is 1.54. The fourth-order valence-corrected chi connectivity index (χ4v) is 1.71. The molecule has 13 heavy (non-hydrogen) atoms. The Kier molecular flexibility index (Phi) is 2.18. The normalized spacial score (nSPS) is 16.5.